The SMILES string of the molecule is CC1(C)C(N)C1c1cc2ncccn2n1. The van der Waals surface area contributed by atoms with Crippen LogP contribution in [0, 0.1) is 5.41 Å². The van der Waals surface area contributed by atoms with Crippen LogP contribution < -0.4 is 5.73 Å². The predicted octanol–water partition coefficient (Wildman–Crippen LogP) is 1.18. The van der Waals surface area contributed by atoms with E-state index < -0.39 is 0 Å². The van der Waals surface area contributed by atoms with Crippen molar-refractivity contribution in [2.75, 3.05) is 0 Å². The van der Waals surface area contributed by atoms with Gasteiger partial charge < -0.3 is 5.73 Å². The molecule has 2 atom stereocenters. The quantitative estimate of drug-likeness (QED) is 0.755. The molecular formula is C11H14N4. The molecule has 0 bridgehead atoms. The number of aromatic nitrogens is 3. The Bertz CT molecular complexity index is 481. The molecule has 0 aromatic carbocycles. The molecule has 78 valence electrons. The molecule has 1 aliphatic rings. The van der Waals surface area contributed by atoms with Crippen LogP contribution in [0.15, 0.2) is 24.5 Å². The lowest BCUT2D eigenvalue weighted by Gasteiger charge is -1.96. The van der Waals surface area contributed by atoms with Crippen molar-refractivity contribution in [2.24, 2.45) is 11.1 Å². The number of nitrogens with zero attached hydrogens (tertiary/aromatic N) is 3. The Kier molecular flexibility index (Phi) is 1.52. The molecule has 0 amide bonds. The third-order valence-corrected chi connectivity index (χ3v) is 3.48. The second kappa shape index (κ2) is 2.58. The van der Waals surface area contributed by atoms with Gasteiger partial charge in [-0.15, -0.1) is 0 Å². The Hall–Kier alpha value is -1.42. The van der Waals surface area contributed by atoms with Gasteiger partial charge in [0.1, 0.15) is 0 Å². The van der Waals surface area contributed by atoms with Crippen LogP contribution in [0.2, 0.25) is 0 Å². The first kappa shape index (κ1) is 8.85. The fourth-order valence-corrected chi connectivity index (χ4v) is 2.24. The number of hydrogen-bond acceptors (Lipinski definition) is 3. The molecule has 1 fully saturated rings. The van der Waals surface area contributed by atoms with Crippen LogP contribution in [-0.2, 0) is 0 Å². The number of nitrogens with two attached hydrogens (primary N) is 1. The summed E-state index contributed by atoms with van der Waals surface area (Å²) in [6.45, 7) is 4.36. The molecule has 0 aliphatic heterocycles. The molecule has 0 saturated heterocycles. The second-order valence-corrected chi connectivity index (χ2v) is 4.82. The lowest BCUT2D eigenvalue weighted by Crippen LogP contribution is -2.06. The van der Waals surface area contributed by atoms with E-state index in [1.807, 2.05) is 18.3 Å². The summed E-state index contributed by atoms with van der Waals surface area (Å²) < 4.78 is 1.80. The van der Waals surface area contributed by atoms with Crippen molar-refractivity contribution < 1.29 is 0 Å². The maximum Gasteiger partial charge on any atom is 0.155 e. The standard InChI is InChI=1S/C11H14N4/c1-11(2)9(10(11)12)7-6-8-13-4-3-5-15(8)14-7/h3-6,9-10H,12H2,1-2H3. The van der Waals surface area contributed by atoms with E-state index in [2.05, 4.69) is 23.9 Å². The normalized spacial score (nSPS) is 28.2. The first-order valence-corrected chi connectivity index (χ1v) is 5.16. The summed E-state index contributed by atoms with van der Waals surface area (Å²) in [5.41, 5.74) is 8.16. The minimum atomic E-state index is 0.179. The van der Waals surface area contributed by atoms with Gasteiger partial charge in [0.25, 0.3) is 0 Å². The van der Waals surface area contributed by atoms with Gasteiger partial charge in [0.05, 0.1) is 5.69 Å². The Morgan fingerprint density at radius 1 is 1.47 bits per heavy atom. The van der Waals surface area contributed by atoms with Gasteiger partial charge in [-0.05, 0) is 11.5 Å². The Morgan fingerprint density at radius 3 is 2.80 bits per heavy atom. The maximum absolute atomic E-state index is 6.03. The Morgan fingerprint density at radius 2 is 2.20 bits per heavy atom. The minimum absolute atomic E-state index is 0.179. The van der Waals surface area contributed by atoms with Crippen molar-refractivity contribution in [3.63, 3.8) is 0 Å². The average molecular weight is 202 g/mol. The van der Waals surface area contributed by atoms with E-state index >= 15 is 0 Å². The maximum atomic E-state index is 6.03. The summed E-state index contributed by atoms with van der Waals surface area (Å²) in [4.78, 5) is 4.24. The molecule has 2 aromatic heterocycles. The fourth-order valence-electron chi connectivity index (χ4n) is 2.24. The van der Waals surface area contributed by atoms with Crippen LogP contribution >= 0.6 is 0 Å². The van der Waals surface area contributed by atoms with Gasteiger partial charge in [-0.3, -0.25) is 0 Å². The Labute approximate surface area is 88.1 Å². The fraction of sp³-hybridized carbons (Fsp3) is 0.455. The summed E-state index contributed by atoms with van der Waals surface area (Å²) in [7, 11) is 0. The smallest absolute Gasteiger partial charge is 0.155 e. The zero-order chi connectivity index (χ0) is 10.6. The summed E-state index contributed by atoms with van der Waals surface area (Å²) in [6.07, 6.45) is 3.69. The van der Waals surface area contributed by atoms with Crippen molar-refractivity contribution in [1.29, 1.82) is 0 Å². The molecule has 2 aromatic rings. The van der Waals surface area contributed by atoms with Gasteiger partial charge in [0, 0.05) is 30.4 Å². The highest BCUT2D eigenvalue weighted by Gasteiger charge is 2.57. The van der Waals surface area contributed by atoms with E-state index in [9.17, 15) is 0 Å². The van der Waals surface area contributed by atoms with Crippen molar-refractivity contribution in [1.82, 2.24) is 14.6 Å². The van der Waals surface area contributed by atoms with E-state index in [0.717, 1.165) is 11.3 Å². The van der Waals surface area contributed by atoms with Crippen LogP contribution in [0.25, 0.3) is 5.65 Å². The highest BCUT2D eigenvalue weighted by molar-refractivity contribution is 5.43. The molecule has 2 heterocycles. The van der Waals surface area contributed by atoms with Crippen molar-refractivity contribution in [2.45, 2.75) is 25.8 Å². The zero-order valence-electron chi connectivity index (χ0n) is 8.88. The molecule has 2 unspecified atom stereocenters. The zero-order valence-corrected chi connectivity index (χ0v) is 8.88. The highest BCUT2D eigenvalue weighted by Crippen LogP contribution is 2.56. The van der Waals surface area contributed by atoms with E-state index in [1.54, 1.807) is 10.7 Å². The summed E-state index contributed by atoms with van der Waals surface area (Å²) >= 11 is 0. The van der Waals surface area contributed by atoms with Crippen molar-refractivity contribution >= 4 is 5.65 Å². The van der Waals surface area contributed by atoms with Gasteiger partial charge >= 0.3 is 0 Å². The van der Waals surface area contributed by atoms with E-state index in [4.69, 9.17) is 5.73 Å². The third-order valence-electron chi connectivity index (χ3n) is 3.48. The molecule has 0 radical (unpaired) electrons. The third kappa shape index (κ3) is 1.11. The first-order valence-electron chi connectivity index (χ1n) is 5.16. The van der Waals surface area contributed by atoms with Crippen LogP contribution in [0.5, 0.6) is 0 Å². The van der Waals surface area contributed by atoms with E-state index in [0.29, 0.717) is 5.92 Å². The number of rotatable bonds is 1. The summed E-state index contributed by atoms with van der Waals surface area (Å²) in [6, 6.07) is 4.13. The molecule has 3 rings (SSSR count). The van der Waals surface area contributed by atoms with E-state index in [1.165, 1.54) is 0 Å². The van der Waals surface area contributed by atoms with Crippen LogP contribution in [0.4, 0.5) is 0 Å². The highest BCUT2D eigenvalue weighted by atomic mass is 15.3. The predicted molar refractivity (Wildman–Crippen MR) is 57.5 cm³/mol. The van der Waals surface area contributed by atoms with Gasteiger partial charge in [0.2, 0.25) is 0 Å². The molecule has 1 aliphatic carbocycles. The number of hydrogen-bond donors (Lipinski definition) is 1. The average Bonchev–Trinajstić information content (AvgIpc) is 2.61. The van der Waals surface area contributed by atoms with Crippen LogP contribution in [0.1, 0.15) is 25.5 Å². The molecule has 4 heteroatoms. The monoisotopic (exact) mass is 202 g/mol. The second-order valence-electron chi connectivity index (χ2n) is 4.82. The van der Waals surface area contributed by atoms with E-state index in [-0.39, 0.29) is 11.5 Å². The van der Waals surface area contributed by atoms with Crippen molar-refractivity contribution in [3.8, 4) is 0 Å². The lowest BCUT2D eigenvalue weighted by atomic mass is 10.1. The molecular weight excluding hydrogens is 188 g/mol. The molecule has 15 heavy (non-hydrogen) atoms. The molecule has 0 spiro atoms. The van der Waals surface area contributed by atoms with Crippen LogP contribution in [-0.4, -0.2) is 20.6 Å². The molecule has 2 N–H and O–H groups in total. The largest absolute Gasteiger partial charge is 0.327 e. The lowest BCUT2D eigenvalue weighted by molar-refractivity contribution is 0.594. The van der Waals surface area contributed by atoms with Crippen LogP contribution in [0.3, 0.4) is 0 Å². The van der Waals surface area contributed by atoms with Gasteiger partial charge in [-0.2, -0.15) is 5.10 Å². The topological polar surface area (TPSA) is 56.2 Å². The molecule has 1 saturated carbocycles. The number of fused-ring (bicyclic) bond motifs is 1. The van der Waals surface area contributed by atoms with Gasteiger partial charge in [-0.25, -0.2) is 9.50 Å². The van der Waals surface area contributed by atoms with Gasteiger partial charge in [-0.1, -0.05) is 13.8 Å². The minimum Gasteiger partial charge on any atom is -0.327 e. The van der Waals surface area contributed by atoms with Crippen molar-refractivity contribution in [3.05, 3.63) is 30.2 Å². The molecule has 4 nitrogen and oxygen atoms in total. The Balaban J connectivity index is 2.07. The van der Waals surface area contributed by atoms with Gasteiger partial charge in [0.15, 0.2) is 5.65 Å². The summed E-state index contributed by atoms with van der Waals surface area (Å²) in [5, 5.41) is 4.49. The summed E-state index contributed by atoms with van der Waals surface area (Å²) in [5.74, 6) is 0.374. The first-order chi connectivity index (χ1) is 7.10.